The molecule has 5 atom stereocenters. The van der Waals surface area contributed by atoms with E-state index in [-0.39, 0.29) is 5.92 Å². The Kier molecular flexibility index (Phi) is 11.1. The molecule has 28 heavy (non-hydrogen) atoms. The van der Waals surface area contributed by atoms with Gasteiger partial charge >= 0.3 is 11.9 Å². The summed E-state index contributed by atoms with van der Waals surface area (Å²) in [6.07, 6.45) is 11.9. The molecule has 0 aromatic rings. The van der Waals surface area contributed by atoms with E-state index in [1.54, 1.807) is 0 Å². The lowest BCUT2D eigenvalue weighted by atomic mass is 9.57. The number of hydrogen-bond donors (Lipinski definition) is 2. The lowest BCUT2D eigenvalue weighted by Crippen LogP contribution is -2.47. The van der Waals surface area contributed by atoms with E-state index >= 15 is 0 Å². The molecule has 0 heterocycles. The third kappa shape index (κ3) is 6.49. The average Bonchev–Trinajstić information content (AvgIpc) is 2.68. The van der Waals surface area contributed by atoms with Crippen LogP contribution in [-0.2, 0) is 9.59 Å². The van der Waals surface area contributed by atoms with E-state index in [0.29, 0.717) is 31.1 Å². The van der Waals surface area contributed by atoms with E-state index in [1.165, 1.54) is 0 Å². The zero-order valence-corrected chi connectivity index (χ0v) is 18.7. The summed E-state index contributed by atoms with van der Waals surface area (Å²) in [6, 6.07) is 0. The molecule has 4 heteroatoms. The van der Waals surface area contributed by atoms with Crippen LogP contribution >= 0.6 is 0 Å². The second kappa shape index (κ2) is 12.5. The molecule has 4 nitrogen and oxygen atoms in total. The van der Waals surface area contributed by atoms with E-state index in [9.17, 15) is 19.8 Å². The first-order valence-corrected chi connectivity index (χ1v) is 11.8. The number of carboxylic acids is 2. The summed E-state index contributed by atoms with van der Waals surface area (Å²) in [4.78, 5) is 24.6. The summed E-state index contributed by atoms with van der Waals surface area (Å²) in [5.41, 5.74) is -0.854. The highest BCUT2D eigenvalue weighted by molar-refractivity contribution is 5.78. The predicted octanol–water partition coefficient (Wildman–Crippen LogP) is 6.77. The highest BCUT2D eigenvalue weighted by Gasteiger charge is 2.52. The third-order valence-corrected chi connectivity index (χ3v) is 7.51. The van der Waals surface area contributed by atoms with Gasteiger partial charge in [-0.05, 0) is 49.9 Å². The molecule has 0 bridgehead atoms. The molecule has 164 valence electrons. The van der Waals surface area contributed by atoms with Crippen molar-refractivity contribution in [2.75, 3.05) is 0 Å². The van der Waals surface area contributed by atoms with Crippen molar-refractivity contribution in [1.82, 2.24) is 0 Å². The lowest BCUT2D eigenvalue weighted by molar-refractivity contribution is -0.164. The van der Waals surface area contributed by atoms with Gasteiger partial charge in [-0.1, -0.05) is 79.1 Å². The average molecular weight is 397 g/mol. The van der Waals surface area contributed by atoms with E-state index < -0.39 is 23.3 Å². The predicted molar refractivity (Wildman–Crippen MR) is 114 cm³/mol. The summed E-state index contributed by atoms with van der Waals surface area (Å²) in [7, 11) is 0. The molecule has 0 amide bonds. The van der Waals surface area contributed by atoms with Gasteiger partial charge in [-0.2, -0.15) is 0 Å². The Labute approximate surface area is 172 Å². The summed E-state index contributed by atoms with van der Waals surface area (Å²) < 4.78 is 0. The maximum Gasteiger partial charge on any atom is 0.309 e. The van der Waals surface area contributed by atoms with Gasteiger partial charge in [0.2, 0.25) is 0 Å². The SMILES string of the molecule is CCCC(CC)CCC1C(C(=O)O)CCCC1(CCC(CC)CCC)C(=O)O. The van der Waals surface area contributed by atoms with E-state index in [1.807, 2.05) is 0 Å². The van der Waals surface area contributed by atoms with Gasteiger partial charge in [0.05, 0.1) is 11.3 Å². The van der Waals surface area contributed by atoms with Crippen LogP contribution in [0.1, 0.15) is 111 Å². The Bertz CT molecular complexity index is 475. The first-order chi connectivity index (χ1) is 13.4. The lowest BCUT2D eigenvalue weighted by Gasteiger charge is -2.45. The van der Waals surface area contributed by atoms with Crippen molar-refractivity contribution < 1.29 is 19.8 Å². The first kappa shape index (κ1) is 25.0. The largest absolute Gasteiger partial charge is 0.481 e. The van der Waals surface area contributed by atoms with Gasteiger partial charge in [0.15, 0.2) is 0 Å². The Morgan fingerprint density at radius 2 is 1.50 bits per heavy atom. The fourth-order valence-corrected chi connectivity index (χ4v) is 5.66. The maximum absolute atomic E-state index is 12.6. The summed E-state index contributed by atoms with van der Waals surface area (Å²) in [5.74, 6) is -1.15. The van der Waals surface area contributed by atoms with Crippen LogP contribution < -0.4 is 0 Å². The zero-order chi connectivity index (χ0) is 21.2. The molecule has 2 N–H and O–H groups in total. The molecule has 1 fully saturated rings. The molecule has 0 aromatic heterocycles. The topological polar surface area (TPSA) is 74.6 Å². The monoisotopic (exact) mass is 396 g/mol. The van der Waals surface area contributed by atoms with Crippen LogP contribution in [0, 0.1) is 29.1 Å². The molecular weight excluding hydrogens is 352 g/mol. The van der Waals surface area contributed by atoms with Crippen molar-refractivity contribution in [3.05, 3.63) is 0 Å². The molecule has 0 spiro atoms. The molecule has 1 rings (SSSR count). The molecule has 0 radical (unpaired) electrons. The van der Waals surface area contributed by atoms with Crippen molar-refractivity contribution in [1.29, 1.82) is 0 Å². The molecule has 5 unspecified atom stereocenters. The van der Waals surface area contributed by atoms with Gasteiger partial charge < -0.3 is 10.2 Å². The maximum atomic E-state index is 12.6. The Hall–Kier alpha value is -1.06. The van der Waals surface area contributed by atoms with Gasteiger partial charge in [-0.3, -0.25) is 9.59 Å². The minimum atomic E-state index is -0.854. The third-order valence-electron chi connectivity index (χ3n) is 7.51. The van der Waals surface area contributed by atoms with E-state index in [4.69, 9.17) is 0 Å². The molecule has 0 aromatic carbocycles. The van der Waals surface area contributed by atoms with Crippen molar-refractivity contribution in [3.63, 3.8) is 0 Å². The van der Waals surface area contributed by atoms with Crippen LogP contribution in [0.15, 0.2) is 0 Å². The van der Waals surface area contributed by atoms with Crippen LogP contribution in [0.5, 0.6) is 0 Å². The highest BCUT2D eigenvalue weighted by atomic mass is 16.4. The smallest absolute Gasteiger partial charge is 0.309 e. The molecule has 1 aliphatic rings. The molecule has 0 saturated heterocycles. The molecular formula is C24H44O4. The van der Waals surface area contributed by atoms with Gasteiger partial charge in [-0.15, -0.1) is 0 Å². The first-order valence-electron chi connectivity index (χ1n) is 11.8. The fraction of sp³-hybridized carbons (Fsp3) is 0.917. The highest BCUT2D eigenvalue weighted by Crippen LogP contribution is 2.51. The van der Waals surface area contributed by atoms with Crippen molar-refractivity contribution >= 4 is 11.9 Å². The van der Waals surface area contributed by atoms with Gasteiger partial charge in [0.25, 0.3) is 0 Å². The quantitative estimate of drug-likeness (QED) is 0.340. The Morgan fingerprint density at radius 3 is 1.96 bits per heavy atom. The molecule has 0 aliphatic heterocycles. The molecule has 1 saturated carbocycles. The standard InChI is InChI=1S/C24H44O4/c1-5-10-18(7-3)13-14-21-20(22(25)26)12-9-16-24(21,23(27)28)17-15-19(8-4)11-6-2/h18-21H,5-17H2,1-4H3,(H,25,26)(H,27,28). The van der Waals surface area contributed by atoms with Gasteiger partial charge in [-0.25, -0.2) is 0 Å². The minimum absolute atomic E-state index is 0.235. The number of rotatable bonds is 14. The fourth-order valence-electron chi connectivity index (χ4n) is 5.66. The number of carbonyl (C=O) groups is 2. The van der Waals surface area contributed by atoms with Crippen LogP contribution in [0.4, 0.5) is 0 Å². The molecule has 1 aliphatic carbocycles. The summed E-state index contributed by atoms with van der Waals surface area (Å²) >= 11 is 0. The van der Waals surface area contributed by atoms with Crippen LogP contribution in [0.3, 0.4) is 0 Å². The van der Waals surface area contributed by atoms with Gasteiger partial charge in [0.1, 0.15) is 0 Å². The number of aliphatic carboxylic acids is 2. The van der Waals surface area contributed by atoms with Crippen LogP contribution in [-0.4, -0.2) is 22.2 Å². The summed E-state index contributed by atoms with van der Waals surface area (Å²) in [6.45, 7) is 8.74. The van der Waals surface area contributed by atoms with Crippen molar-refractivity contribution in [2.24, 2.45) is 29.1 Å². The van der Waals surface area contributed by atoms with E-state index in [2.05, 4.69) is 27.7 Å². The van der Waals surface area contributed by atoms with Crippen molar-refractivity contribution in [2.45, 2.75) is 111 Å². The Morgan fingerprint density at radius 1 is 0.929 bits per heavy atom. The number of hydrogen-bond acceptors (Lipinski definition) is 2. The van der Waals surface area contributed by atoms with Crippen molar-refractivity contribution in [3.8, 4) is 0 Å². The van der Waals surface area contributed by atoms with E-state index in [0.717, 1.165) is 64.2 Å². The van der Waals surface area contributed by atoms with Gasteiger partial charge in [0, 0.05) is 0 Å². The van der Waals surface area contributed by atoms with Crippen LogP contribution in [0.2, 0.25) is 0 Å². The van der Waals surface area contributed by atoms with Crippen LogP contribution in [0.25, 0.3) is 0 Å². The summed E-state index contributed by atoms with van der Waals surface area (Å²) in [5, 5.41) is 20.2. The second-order valence-corrected chi connectivity index (χ2v) is 9.15. The Balaban J connectivity index is 3.08. The zero-order valence-electron chi connectivity index (χ0n) is 18.7. The second-order valence-electron chi connectivity index (χ2n) is 9.15. The minimum Gasteiger partial charge on any atom is -0.481 e. The normalized spacial score (nSPS) is 27.3. The number of carboxylic acid groups (broad SMARTS) is 2.